The van der Waals surface area contributed by atoms with Crippen molar-refractivity contribution in [2.45, 2.75) is 11.8 Å². The second-order valence-corrected chi connectivity index (χ2v) is 9.29. The van der Waals surface area contributed by atoms with E-state index in [0.717, 1.165) is 11.8 Å². The number of pyridine rings is 1. The van der Waals surface area contributed by atoms with E-state index in [9.17, 15) is 18.5 Å². The van der Waals surface area contributed by atoms with Gasteiger partial charge in [0.2, 0.25) is 0 Å². The molecule has 1 aromatic heterocycles. The van der Waals surface area contributed by atoms with Gasteiger partial charge in [-0.05, 0) is 72.7 Å². The van der Waals surface area contributed by atoms with Gasteiger partial charge in [-0.15, -0.1) is 0 Å². The number of anilines is 3. The van der Waals surface area contributed by atoms with Crippen LogP contribution in [0.15, 0.2) is 59.6 Å². The number of aryl methyl sites for hydroxylation is 1. The number of hydrogen-bond donors (Lipinski definition) is 1. The SMILES string of the molecule is Cc1cc2c(cc1C#N)C(=Cc1ccc(N)nc1)C(=O)N2c1ccc(S(C)(=O)=O)cc1. The molecule has 0 aliphatic carbocycles. The number of carbonyl (C=O) groups excluding carboxylic acids is 1. The lowest BCUT2D eigenvalue weighted by molar-refractivity contribution is -0.112. The molecular weight excluding hydrogens is 412 g/mol. The number of hydrogen-bond acceptors (Lipinski definition) is 6. The Morgan fingerprint density at radius 1 is 1.13 bits per heavy atom. The summed E-state index contributed by atoms with van der Waals surface area (Å²) in [6.45, 7) is 1.81. The Balaban J connectivity index is 1.89. The monoisotopic (exact) mass is 430 g/mol. The largest absolute Gasteiger partial charge is 0.384 e. The van der Waals surface area contributed by atoms with E-state index in [-0.39, 0.29) is 10.8 Å². The molecule has 0 saturated carbocycles. The van der Waals surface area contributed by atoms with Gasteiger partial charge in [0.1, 0.15) is 5.82 Å². The molecule has 2 aromatic carbocycles. The van der Waals surface area contributed by atoms with E-state index in [1.54, 1.807) is 55.6 Å². The van der Waals surface area contributed by atoms with Gasteiger partial charge < -0.3 is 5.73 Å². The molecule has 31 heavy (non-hydrogen) atoms. The van der Waals surface area contributed by atoms with Crippen LogP contribution in [0.2, 0.25) is 0 Å². The fourth-order valence-corrected chi connectivity index (χ4v) is 4.10. The predicted molar refractivity (Wildman–Crippen MR) is 119 cm³/mol. The van der Waals surface area contributed by atoms with Crippen LogP contribution in [0.25, 0.3) is 11.6 Å². The number of fused-ring (bicyclic) bond motifs is 1. The van der Waals surface area contributed by atoms with Gasteiger partial charge in [0.15, 0.2) is 9.84 Å². The molecule has 154 valence electrons. The average molecular weight is 430 g/mol. The molecule has 0 radical (unpaired) electrons. The number of benzene rings is 2. The van der Waals surface area contributed by atoms with Gasteiger partial charge in [-0.2, -0.15) is 5.26 Å². The topological polar surface area (TPSA) is 117 Å². The smallest absolute Gasteiger partial charge is 0.263 e. The lowest BCUT2D eigenvalue weighted by Crippen LogP contribution is -2.20. The van der Waals surface area contributed by atoms with Crippen molar-refractivity contribution in [2.24, 2.45) is 0 Å². The summed E-state index contributed by atoms with van der Waals surface area (Å²) in [6.07, 6.45) is 4.40. The molecule has 1 aliphatic rings. The summed E-state index contributed by atoms with van der Waals surface area (Å²) in [5.41, 5.74) is 9.74. The molecule has 8 heteroatoms. The van der Waals surface area contributed by atoms with Crippen LogP contribution in [0.4, 0.5) is 17.2 Å². The number of nitrogens with zero attached hydrogens (tertiary/aromatic N) is 3. The van der Waals surface area contributed by atoms with Crippen molar-refractivity contribution in [3.05, 3.63) is 77.0 Å². The summed E-state index contributed by atoms with van der Waals surface area (Å²) in [4.78, 5) is 19.2. The summed E-state index contributed by atoms with van der Waals surface area (Å²) in [6, 6.07) is 15.2. The predicted octanol–water partition coefficient (Wildman–Crippen LogP) is 3.47. The number of sulfone groups is 1. The molecule has 0 bridgehead atoms. The van der Waals surface area contributed by atoms with E-state index >= 15 is 0 Å². The minimum atomic E-state index is -3.36. The van der Waals surface area contributed by atoms with Crippen molar-refractivity contribution in [3.8, 4) is 6.07 Å². The van der Waals surface area contributed by atoms with E-state index in [0.29, 0.717) is 39.5 Å². The third-order valence-corrected chi connectivity index (χ3v) is 6.20. The van der Waals surface area contributed by atoms with Crippen molar-refractivity contribution in [2.75, 3.05) is 16.9 Å². The molecular formula is C23H18N4O3S. The fourth-order valence-electron chi connectivity index (χ4n) is 3.47. The summed E-state index contributed by atoms with van der Waals surface area (Å²) in [5, 5.41) is 9.46. The lowest BCUT2D eigenvalue weighted by atomic mass is 9.99. The van der Waals surface area contributed by atoms with Crippen LogP contribution in [0.5, 0.6) is 0 Å². The molecule has 4 rings (SSSR count). The molecule has 0 spiro atoms. The van der Waals surface area contributed by atoms with E-state index in [1.807, 2.05) is 0 Å². The Morgan fingerprint density at radius 2 is 1.84 bits per heavy atom. The Bertz CT molecular complexity index is 1380. The second-order valence-electron chi connectivity index (χ2n) is 7.28. The van der Waals surface area contributed by atoms with Crippen molar-refractivity contribution in [3.63, 3.8) is 0 Å². The van der Waals surface area contributed by atoms with Gasteiger partial charge >= 0.3 is 0 Å². The highest BCUT2D eigenvalue weighted by atomic mass is 32.2. The number of aromatic nitrogens is 1. The average Bonchev–Trinajstić information content (AvgIpc) is 2.99. The number of carbonyl (C=O) groups is 1. The van der Waals surface area contributed by atoms with Gasteiger partial charge in [-0.1, -0.05) is 0 Å². The molecule has 1 amide bonds. The van der Waals surface area contributed by atoms with Crippen molar-refractivity contribution in [1.29, 1.82) is 5.26 Å². The highest BCUT2D eigenvalue weighted by Crippen LogP contribution is 2.43. The number of nitriles is 1. The van der Waals surface area contributed by atoms with E-state index in [2.05, 4.69) is 11.1 Å². The molecule has 1 aliphatic heterocycles. The summed E-state index contributed by atoms with van der Waals surface area (Å²) in [5.74, 6) is 0.0868. The Labute approximate surface area is 180 Å². The summed E-state index contributed by atoms with van der Waals surface area (Å²) in [7, 11) is -3.36. The minimum absolute atomic E-state index is 0.169. The first-order chi connectivity index (χ1) is 14.7. The summed E-state index contributed by atoms with van der Waals surface area (Å²) < 4.78 is 23.6. The zero-order valence-corrected chi connectivity index (χ0v) is 17.6. The highest BCUT2D eigenvalue weighted by molar-refractivity contribution is 7.90. The van der Waals surface area contributed by atoms with Crippen LogP contribution in [0, 0.1) is 18.3 Å². The zero-order chi connectivity index (χ0) is 22.3. The van der Waals surface area contributed by atoms with Crippen LogP contribution < -0.4 is 10.6 Å². The normalized spacial score (nSPS) is 14.5. The van der Waals surface area contributed by atoms with Gasteiger partial charge in [0.25, 0.3) is 5.91 Å². The first-order valence-corrected chi connectivity index (χ1v) is 11.2. The quantitative estimate of drug-likeness (QED) is 0.636. The number of amides is 1. The van der Waals surface area contributed by atoms with E-state index in [1.165, 1.54) is 17.0 Å². The van der Waals surface area contributed by atoms with Crippen molar-refractivity contribution in [1.82, 2.24) is 4.98 Å². The zero-order valence-electron chi connectivity index (χ0n) is 16.8. The molecule has 7 nitrogen and oxygen atoms in total. The highest BCUT2D eigenvalue weighted by Gasteiger charge is 2.34. The van der Waals surface area contributed by atoms with Crippen LogP contribution in [-0.2, 0) is 14.6 Å². The number of rotatable bonds is 3. The standard InChI is InChI=1S/C23H18N4O3S/c1-14-9-21-19(11-16(14)12-24)20(10-15-3-8-22(25)26-13-15)23(28)27(21)17-4-6-18(7-5-17)31(2,29)30/h3-11,13H,1-2H3,(H2,25,26). The van der Waals surface area contributed by atoms with Gasteiger partial charge in [-0.25, -0.2) is 13.4 Å². The Kier molecular flexibility index (Phi) is 4.84. The second kappa shape index (κ2) is 7.38. The third kappa shape index (κ3) is 3.67. The van der Waals surface area contributed by atoms with Gasteiger partial charge in [0, 0.05) is 23.7 Å². The van der Waals surface area contributed by atoms with Gasteiger partial charge in [-0.3, -0.25) is 9.69 Å². The first-order valence-electron chi connectivity index (χ1n) is 9.32. The molecule has 3 aromatic rings. The minimum Gasteiger partial charge on any atom is -0.384 e. The Hall–Kier alpha value is -3.96. The van der Waals surface area contributed by atoms with Gasteiger partial charge in [0.05, 0.1) is 27.8 Å². The molecule has 0 fully saturated rings. The maximum atomic E-state index is 13.4. The van der Waals surface area contributed by atoms with Crippen LogP contribution in [-0.4, -0.2) is 25.6 Å². The first kappa shape index (κ1) is 20.3. The van der Waals surface area contributed by atoms with Crippen molar-refractivity contribution >= 4 is 44.6 Å². The van der Waals surface area contributed by atoms with Crippen LogP contribution in [0.1, 0.15) is 22.3 Å². The number of nitrogens with two attached hydrogens (primary N) is 1. The maximum absolute atomic E-state index is 13.4. The van der Waals surface area contributed by atoms with Crippen LogP contribution >= 0.6 is 0 Å². The third-order valence-electron chi connectivity index (χ3n) is 5.07. The summed E-state index contributed by atoms with van der Waals surface area (Å²) >= 11 is 0. The molecule has 0 unspecified atom stereocenters. The van der Waals surface area contributed by atoms with E-state index in [4.69, 9.17) is 5.73 Å². The molecule has 0 saturated heterocycles. The lowest BCUT2D eigenvalue weighted by Gasteiger charge is -2.18. The fraction of sp³-hybridized carbons (Fsp3) is 0.0870. The van der Waals surface area contributed by atoms with Crippen molar-refractivity contribution < 1.29 is 13.2 Å². The molecule has 2 heterocycles. The number of nitrogen functional groups attached to an aromatic ring is 1. The van der Waals surface area contributed by atoms with Crippen LogP contribution in [0.3, 0.4) is 0 Å². The molecule has 2 N–H and O–H groups in total. The van der Waals surface area contributed by atoms with E-state index < -0.39 is 9.84 Å². The maximum Gasteiger partial charge on any atom is 0.263 e. The Morgan fingerprint density at radius 3 is 2.42 bits per heavy atom. The molecule has 0 atom stereocenters.